The number of benzene rings is 1. The van der Waals surface area contributed by atoms with Crippen molar-refractivity contribution in [2.45, 2.75) is 6.04 Å². The summed E-state index contributed by atoms with van der Waals surface area (Å²) >= 11 is 7.55. The SMILES string of the molecule is O=C(NC(c1ccc(Cl)cc1)c1cccs1)c1ccccn1. The number of hydrogen-bond donors (Lipinski definition) is 1. The lowest BCUT2D eigenvalue weighted by molar-refractivity contribution is 0.0938. The summed E-state index contributed by atoms with van der Waals surface area (Å²) in [5, 5.41) is 5.70. The Labute approximate surface area is 137 Å². The quantitative estimate of drug-likeness (QED) is 0.775. The normalized spacial score (nSPS) is 11.9. The zero-order chi connectivity index (χ0) is 15.4. The van der Waals surface area contributed by atoms with Gasteiger partial charge in [0.15, 0.2) is 0 Å². The number of aromatic nitrogens is 1. The molecule has 1 unspecified atom stereocenters. The van der Waals surface area contributed by atoms with E-state index in [1.807, 2.05) is 41.8 Å². The molecular formula is C17H13ClN2OS. The van der Waals surface area contributed by atoms with Gasteiger partial charge in [0.2, 0.25) is 0 Å². The minimum Gasteiger partial charge on any atom is -0.339 e. The van der Waals surface area contributed by atoms with Gasteiger partial charge in [0.25, 0.3) is 5.91 Å². The van der Waals surface area contributed by atoms with Gasteiger partial charge >= 0.3 is 0 Å². The third-order valence-electron chi connectivity index (χ3n) is 3.20. The molecule has 3 aromatic rings. The maximum absolute atomic E-state index is 12.4. The van der Waals surface area contributed by atoms with E-state index < -0.39 is 0 Å². The van der Waals surface area contributed by atoms with E-state index in [9.17, 15) is 4.79 Å². The molecule has 1 aromatic carbocycles. The van der Waals surface area contributed by atoms with E-state index in [2.05, 4.69) is 10.3 Å². The molecular weight excluding hydrogens is 316 g/mol. The van der Waals surface area contributed by atoms with Crippen molar-refractivity contribution in [2.75, 3.05) is 0 Å². The van der Waals surface area contributed by atoms with Crippen LogP contribution in [0.4, 0.5) is 0 Å². The van der Waals surface area contributed by atoms with E-state index >= 15 is 0 Å². The smallest absolute Gasteiger partial charge is 0.270 e. The lowest BCUT2D eigenvalue weighted by atomic mass is 10.1. The number of thiophene rings is 1. The van der Waals surface area contributed by atoms with Crippen molar-refractivity contribution in [2.24, 2.45) is 0 Å². The fraction of sp³-hybridized carbons (Fsp3) is 0.0588. The van der Waals surface area contributed by atoms with E-state index in [4.69, 9.17) is 11.6 Å². The Kier molecular flexibility index (Phi) is 4.51. The van der Waals surface area contributed by atoms with Crippen molar-refractivity contribution in [3.05, 3.63) is 87.3 Å². The standard InChI is InChI=1S/C17H13ClN2OS/c18-13-8-6-12(7-9-13)16(15-5-3-11-22-15)20-17(21)14-4-1-2-10-19-14/h1-11,16H,(H,20,21). The molecule has 0 bridgehead atoms. The minimum absolute atomic E-state index is 0.200. The van der Waals surface area contributed by atoms with Crippen molar-refractivity contribution >= 4 is 28.8 Å². The molecule has 1 amide bonds. The molecule has 0 saturated heterocycles. The van der Waals surface area contributed by atoms with Crippen LogP contribution in [0, 0.1) is 0 Å². The molecule has 0 saturated carbocycles. The third-order valence-corrected chi connectivity index (χ3v) is 4.39. The van der Waals surface area contributed by atoms with Gasteiger partial charge in [0.05, 0.1) is 6.04 Å². The number of carbonyl (C=O) groups excluding carboxylic acids is 1. The molecule has 0 aliphatic heterocycles. The number of rotatable bonds is 4. The average molecular weight is 329 g/mol. The number of carbonyl (C=O) groups is 1. The van der Waals surface area contributed by atoms with E-state index in [-0.39, 0.29) is 11.9 Å². The molecule has 0 spiro atoms. The van der Waals surface area contributed by atoms with Gasteiger partial charge in [-0.15, -0.1) is 11.3 Å². The lowest BCUT2D eigenvalue weighted by Gasteiger charge is -2.18. The Bertz CT molecular complexity index is 742. The van der Waals surface area contributed by atoms with Crippen LogP contribution in [0.5, 0.6) is 0 Å². The highest BCUT2D eigenvalue weighted by molar-refractivity contribution is 7.10. The number of nitrogens with zero attached hydrogens (tertiary/aromatic N) is 1. The first kappa shape index (κ1) is 14.8. The van der Waals surface area contributed by atoms with E-state index in [0.717, 1.165) is 10.4 Å². The second-order valence-electron chi connectivity index (χ2n) is 4.69. The minimum atomic E-state index is -0.216. The molecule has 2 aromatic heterocycles. The second-order valence-corrected chi connectivity index (χ2v) is 6.10. The van der Waals surface area contributed by atoms with Crippen molar-refractivity contribution in [3.63, 3.8) is 0 Å². The Morgan fingerprint density at radius 2 is 1.91 bits per heavy atom. The number of pyridine rings is 1. The first-order chi connectivity index (χ1) is 10.7. The molecule has 2 heterocycles. The van der Waals surface area contributed by atoms with E-state index in [0.29, 0.717) is 10.7 Å². The van der Waals surface area contributed by atoms with Crippen molar-refractivity contribution in [1.82, 2.24) is 10.3 Å². The van der Waals surface area contributed by atoms with Crippen LogP contribution in [0.3, 0.4) is 0 Å². The highest BCUT2D eigenvalue weighted by Gasteiger charge is 2.19. The fourth-order valence-corrected chi connectivity index (χ4v) is 3.06. The van der Waals surface area contributed by atoms with Gasteiger partial charge in [-0.05, 0) is 41.3 Å². The van der Waals surface area contributed by atoms with Crippen LogP contribution in [0.15, 0.2) is 66.2 Å². The molecule has 22 heavy (non-hydrogen) atoms. The largest absolute Gasteiger partial charge is 0.339 e. The van der Waals surface area contributed by atoms with Crippen LogP contribution in [-0.2, 0) is 0 Å². The highest BCUT2D eigenvalue weighted by atomic mass is 35.5. The summed E-state index contributed by atoms with van der Waals surface area (Å²) in [5.74, 6) is -0.200. The zero-order valence-corrected chi connectivity index (χ0v) is 13.1. The highest BCUT2D eigenvalue weighted by Crippen LogP contribution is 2.27. The molecule has 1 N–H and O–H groups in total. The van der Waals surface area contributed by atoms with Gasteiger partial charge in [-0.25, -0.2) is 0 Å². The van der Waals surface area contributed by atoms with Gasteiger partial charge in [0.1, 0.15) is 5.69 Å². The van der Waals surface area contributed by atoms with Crippen LogP contribution in [0.25, 0.3) is 0 Å². The predicted octanol–water partition coefficient (Wildman–Crippen LogP) is 4.32. The van der Waals surface area contributed by atoms with E-state index in [1.165, 1.54) is 0 Å². The maximum atomic E-state index is 12.4. The van der Waals surface area contributed by atoms with Gasteiger partial charge < -0.3 is 5.32 Å². The topological polar surface area (TPSA) is 42.0 Å². The molecule has 1 atom stereocenters. The van der Waals surface area contributed by atoms with Crippen molar-refractivity contribution < 1.29 is 4.79 Å². The number of nitrogens with one attached hydrogen (secondary N) is 1. The zero-order valence-electron chi connectivity index (χ0n) is 11.6. The summed E-state index contributed by atoms with van der Waals surface area (Å²) < 4.78 is 0. The molecule has 3 rings (SSSR count). The summed E-state index contributed by atoms with van der Waals surface area (Å²) in [5.41, 5.74) is 1.38. The second kappa shape index (κ2) is 6.73. The summed E-state index contributed by atoms with van der Waals surface area (Å²) in [7, 11) is 0. The van der Waals surface area contributed by atoms with Crippen molar-refractivity contribution in [3.8, 4) is 0 Å². The van der Waals surface area contributed by atoms with E-state index in [1.54, 1.807) is 35.7 Å². The average Bonchev–Trinajstić information content (AvgIpc) is 3.08. The fourth-order valence-electron chi connectivity index (χ4n) is 2.13. The van der Waals surface area contributed by atoms with Gasteiger partial charge in [0, 0.05) is 16.1 Å². The Hall–Kier alpha value is -2.17. The first-order valence-electron chi connectivity index (χ1n) is 6.75. The monoisotopic (exact) mass is 328 g/mol. The third kappa shape index (κ3) is 3.35. The summed E-state index contributed by atoms with van der Waals surface area (Å²) in [6, 6.07) is 16.5. The molecule has 0 radical (unpaired) electrons. The van der Waals surface area contributed by atoms with Gasteiger partial charge in [-0.2, -0.15) is 0 Å². The summed E-state index contributed by atoms with van der Waals surface area (Å²) in [6.07, 6.45) is 1.61. The van der Waals surface area contributed by atoms with Crippen LogP contribution >= 0.6 is 22.9 Å². The lowest BCUT2D eigenvalue weighted by Crippen LogP contribution is -2.29. The Morgan fingerprint density at radius 1 is 1.09 bits per heavy atom. The summed E-state index contributed by atoms with van der Waals surface area (Å²) in [6.45, 7) is 0. The predicted molar refractivity (Wildman–Crippen MR) is 89.3 cm³/mol. The molecule has 0 fully saturated rings. The molecule has 110 valence electrons. The molecule has 5 heteroatoms. The number of amides is 1. The van der Waals surface area contributed by atoms with Crippen LogP contribution in [0.1, 0.15) is 27.0 Å². The van der Waals surface area contributed by atoms with Crippen LogP contribution < -0.4 is 5.32 Å². The van der Waals surface area contributed by atoms with Crippen molar-refractivity contribution in [1.29, 1.82) is 0 Å². The number of hydrogen-bond acceptors (Lipinski definition) is 3. The van der Waals surface area contributed by atoms with Crippen LogP contribution in [0.2, 0.25) is 5.02 Å². The van der Waals surface area contributed by atoms with Gasteiger partial charge in [-0.1, -0.05) is 35.9 Å². The van der Waals surface area contributed by atoms with Crippen LogP contribution in [-0.4, -0.2) is 10.9 Å². The number of halogens is 1. The Morgan fingerprint density at radius 3 is 2.55 bits per heavy atom. The van der Waals surface area contributed by atoms with Gasteiger partial charge in [-0.3, -0.25) is 9.78 Å². The first-order valence-corrected chi connectivity index (χ1v) is 8.00. The summed E-state index contributed by atoms with van der Waals surface area (Å²) in [4.78, 5) is 17.5. The molecule has 3 nitrogen and oxygen atoms in total. The molecule has 0 aliphatic rings. The Balaban J connectivity index is 1.90. The molecule has 0 aliphatic carbocycles. The maximum Gasteiger partial charge on any atom is 0.270 e.